The molecular formula is C24H23N3O3. The van der Waals surface area contributed by atoms with Crippen LogP contribution in [0, 0.1) is 0 Å². The molecule has 0 radical (unpaired) electrons. The van der Waals surface area contributed by atoms with E-state index in [1.165, 1.54) is 0 Å². The zero-order valence-corrected chi connectivity index (χ0v) is 16.7. The fourth-order valence-electron chi connectivity index (χ4n) is 3.86. The lowest BCUT2D eigenvalue weighted by atomic mass is 10.0. The number of nitrogens with zero attached hydrogens (tertiary/aromatic N) is 2. The van der Waals surface area contributed by atoms with Crippen LogP contribution < -0.4 is 10.5 Å². The summed E-state index contributed by atoms with van der Waals surface area (Å²) in [6.07, 6.45) is 3.59. The van der Waals surface area contributed by atoms with Gasteiger partial charge in [0.25, 0.3) is 5.91 Å². The number of nitrogens with two attached hydrogens (primary N) is 1. The summed E-state index contributed by atoms with van der Waals surface area (Å²) >= 11 is 0. The Balaban J connectivity index is 1.56. The molecule has 1 atom stereocenters. The average Bonchev–Trinajstić information content (AvgIpc) is 3.28. The van der Waals surface area contributed by atoms with Crippen LogP contribution in [0.2, 0.25) is 0 Å². The van der Waals surface area contributed by atoms with Crippen LogP contribution in [0.3, 0.4) is 0 Å². The molecule has 2 N–H and O–H groups in total. The number of carbonyl (C=O) groups excluding carboxylic acids is 2. The van der Waals surface area contributed by atoms with E-state index in [9.17, 15) is 9.59 Å². The fourth-order valence-corrected chi connectivity index (χ4v) is 3.86. The third kappa shape index (κ3) is 3.89. The Morgan fingerprint density at radius 1 is 1.03 bits per heavy atom. The molecule has 0 aliphatic carbocycles. The smallest absolute Gasteiger partial charge is 0.254 e. The van der Waals surface area contributed by atoms with Crippen molar-refractivity contribution in [2.75, 3.05) is 13.7 Å². The van der Waals surface area contributed by atoms with Gasteiger partial charge in [0.15, 0.2) is 0 Å². The van der Waals surface area contributed by atoms with Gasteiger partial charge in [0.2, 0.25) is 5.91 Å². The molecule has 6 nitrogen and oxygen atoms in total. The summed E-state index contributed by atoms with van der Waals surface area (Å²) in [5.41, 5.74) is 9.08. The monoisotopic (exact) mass is 401 g/mol. The number of carbonyl (C=O) groups is 2. The highest BCUT2D eigenvalue weighted by Gasteiger charge is 2.31. The van der Waals surface area contributed by atoms with Gasteiger partial charge in [-0.3, -0.25) is 14.6 Å². The predicted molar refractivity (Wildman–Crippen MR) is 114 cm³/mol. The van der Waals surface area contributed by atoms with Crippen molar-refractivity contribution in [2.45, 2.75) is 18.9 Å². The largest absolute Gasteiger partial charge is 0.497 e. The van der Waals surface area contributed by atoms with Crippen molar-refractivity contribution in [1.82, 2.24) is 9.88 Å². The van der Waals surface area contributed by atoms with Crippen molar-refractivity contribution in [2.24, 2.45) is 5.73 Å². The molecule has 0 bridgehead atoms. The van der Waals surface area contributed by atoms with E-state index < -0.39 is 5.91 Å². The maximum atomic E-state index is 13.1. The molecule has 0 saturated carbocycles. The highest BCUT2D eigenvalue weighted by Crippen LogP contribution is 2.33. The Morgan fingerprint density at radius 3 is 2.57 bits per heavy atom. The normalized spacial score (nSPS) is 15.8. The number of likely N-dealkylation sites (tertiary alicyclic amines) is 1. The minimum absolute atomic E-state index is 0.0172. The fraction of sp³-hybridized carbons (Fsp3) is 0.208. The zero-order valence-electron chi connectivity index (χ0n) is 16.7. The predicted octanol–water partition coefficient (Wildman–Crippen LogP) is 3.83. The number of methoxy groups -OCH3 is 1. The van der Waals surface area contributed by atoms with Crippen molar-refractivity contribution in [3.05, 3.63) is 83.7 Å². The first kappa shape index (κ1) is 19.6. The molecule has 2 amide bonds. The lowest BCUT2D eigenvalue weighted by molar-refractivity contribution is 0.0732. The second kappa shape index (κ2) is 8.37. The van der Waals surface area contributed by atoms with Crippen molar-refractivity contribution in [3.63, 3.8) is 0 Å². The minimum Gasteiger partial charge on any atom is -0.497 e. The van der Waals surface area contributed by atoms with Crippen LogP contribution in [0.25, 0.3) is 11.1 Å². The number of pyridine rings is 1. The molecule has 2 heterocycles. The molecule has 0 spiro atoms. The van der Waals surface area contributed by atoms with E-state index >= 15 is 0 Å². The number of amides is 2. The topological polar surface area (TPSA) is 85.5 Å². The molecule has 0 unspecified atom stereocenters. The van der Waals surface area contributed by atoms with Gasteiger partial charge in [-0.15, -0.1) is 0 Å². The van der Waals surface area contributed by atoms with Gasteiger partial charge in [0, 0.05) is 29.4 Å². The van der Waals surface area contributed by atoms with Gasteiger partial charge in [-0.05, 0) is 54.8 Å². The quantitative estimate of drug-likeness (QED) is 0.704. The van der Waals surface area contributed by atoms with Crippen molar-refractivity contribution < 1.29 is 14.3 Å². The minimum atomic E-state index is -0.459. The summed E-state index contributed by atoms with van der Waals surface area (Å²) in [5, 5.41) is 0. The molecule has 3 aromatic rings. The second-order valence-electron chi connectivity index (χ2n) is 7.31. The highest BCUT2D eigenvalue weighted by atomic mass is 16.5. The van der Waals surface area contributed by atoms with Gasteiger partial charge in [-0.2, -0.15) is 0 Å². The van der Waals surface area contributed by atoms with E-state index in [4.69, 9.17) is 10.5 Å². The van der Waals surface area contributed by atoms with E-state index in [1.54, 1.807) is 37.6 Å². The number of aromatic nitrogens is 1. The molecule has 1 aromatic heterocycles. The molecule has 1 aliphatic rings. The SMILES string of the molecule is COc1cccc(C(=O)N2CCC[C@H]2c2ccc(-c3cccc(C(N)=O)c3)cn2)c1. The maximum absolute atomic E-state index is 13.1. The molecule has 4 rings (SSSR count). The van der Waals surface area contributed by atoms with Crippen LogP contribution in [0.1, 0.15) is 45.3 Å². The first-order valence-electron chi connectivity index (χ1n) is 9.88. The second-order valence-corrected chi connectivity index (χ2v) is 7.31. The Hall–Kier alpha value is -3.67. The summed E-state index contributed by atoms with van der Waals surface area (Å²) in [4.78, 5) is 31.0. The summed E-state index contributed by atoms with van der Waals surface area (Å²) in [7, 11) is 1.59. The number of ether oxygens (including phenoxy) is 1. The van der Waals surface area contributed by atoms with E-state index in [0.29, 0.717) is 23.4 Å². The van der Waals surface area contributed by atoms with Crippen molar-refractivity contribution >= 4 is 11.8 Å². The highest BCUT2D eigenvalue weighted by molar-refractivity contribution is 5.95. The lowest BCUT2D eigenvalue weighted by Gasteiger charge is -2.24. The molecular weight excluding hydrogens is 378 g/mol. The van der Waals surface area contributed by atoms with Gasteiger partial charge < -0.3 is 15.4 Å². The summed E-state index contributed by atoms with van der Waals surface area (Å²) in [5.74, 6) is 0.188. The Labute approximate surface area is 175 Å². The summed E-state index contributed by atoms with van der Waals surface area (Å²) < 4.78 is 5.25. The molecule has 30 heavy (non-hydrogen) atoms. The maximum Gasteiger partial charge on any atom is 0.254 e. The van der Waals surface area contributed by atoms with Gasteiger partial charge in [0.05, 0.1) is 18.8 Å². The number of primary amides is 1. The molecule has 6 heteroatoms. The van der Waals surface area contributed by atoms with E-state index in [1.807, 2.05) is 41.3 Å². The van der Waals surface area contributed by atoms with Gasteiger partial charge in [-0.25, -0.2) is 0 Å². The molecule has 1 aliphatic heterocycles. The summed E-state index contributed by atoms with van der Waals surface area (Å²) in [6.45, 7) is 0.699. The number of hydrogen-bond donors (Lipinski definition) is 1. The molecule has 152 valence electrons. The third-order valence-electron chi connectivity index (χ3n) is 5.44. The number of hydrogen-bond acceptors (Lipinski definition) is 4. The van der Waals surface area contributed by atoms with Crippen LogP contribution in [0.15, 0.2) is 66.9 Å². The first-order valence-corrected chi connectivity index (χ1v) is 9.88. The first-order chi connectivity index (χ1) is 14.6. The Kier molecular flexibility index (Phi) is 5.48. The standard InChI is InChI=1S/C24H23N3O3/c1-30-20-8-3-7-18(14-20)24(29)27-12-4-9-22(27)21-11-10-19(15-26-21)16-5-2-6-17(13-16)23(25)28/h2-3,5-8,10-11,13-15,22H,4,9,12H2,1H3,(H2,25,28)/t22-/m0/s1. The number of benzene rings is 2. The zero-order chi connectivity index (χ0) is 21.1. The Morgan fingerprint density at radius 2 is 1.83 bits per heavy atom. The van der Waals surface area contributed by atoms with Crippen molar-refractivity contribution in [1.29, 1.82) is 0 Å². The van der Waals surface area contributed by atoms with E-state index in [0.717, 1.165) is 29.7 Å². The van der Waals surface area contributed by atoms with Crippen molar-refractivity contribution in [3.8, 4) is 16.9 Å². The van der Waals surface area contributed by atoms with Crippen LogP contribution in [0.5, 0.6) is 5.75 Å². The summed E-state index contributed by atoms with van der Waals surface area (Å²) in [6, 6.07) is 18.2. The lowest BCUT2D eigenvalue weighted by Crippen LogP contribution is -2.31. The average molecular weight is 401 g/mol. The van der Waals surface area contributed by atoms with Gasteiger partial charge in [0.1, 0.15) is 5.75 Å². The van der Waals surface area contributed by atoms with Crippen LogP contribution in [0.4, 0.5) is 0 Å². The molecule has 1 fully saturated rings. The Bertz CT molecular complexity index is 1080. The van der Waals surface area contributed by atoms with Gasteiger partial charge in [-0.1, -0.05) is 24.3 Å². The van der Waals surface area contributed by atoms with Crippen LogP contribution in [-0.4, -0.2) is 35.4 Å². The number of rotatable bonds is 5. The van der Waals surface area contributed by atoms with Gasteiger partial charge >= 0.3 is 0 Å². The molecule has 2 aromatic carbocycles. The van der Waals surface area contributed by atoms with Crippen LogP contribution in [-0.2, 0) is 0 Å². The third-order valence-corrected chi connectivity index (χ3v) is 5.44. The van der Waals surface area contributed by atoms with E-state index in [-0.39, 0.29) is 11.9 Å². The van der Waals surface area contributed by atoms with Crippen LogP contribution >= 0.6 is 0 Å². The molecule has 1 saturated heterocycles. The van der Waals surface area contributed by atoms with E-state index in [2.05, 4.69) is 4.98 Å².